The van der Waals surface area contributed by atoms with Gasteiger partial charge in [0.05, 0.1) is 18.8 Å². The van der Waals surface area contributed by atoms with Crippen LogP contribution in [-0.2, 0) is 9.53 Å². The molecule has 5 heteroatoms. The van der Waals surface area contributed by atoms with Crippen LogP contribution in [0.3, 0.4) is 0 Å². The van der Waals surface area contributed by atoms with Crippen molar-refractivity contribution in [3.8, 4) is 5.75 Å². The van der Waals surface area contributed by atoms with Gasteiger partial charge in [-0.05, 0) is 49.4 Å². The number of carboxylic acid groups (broad SMARTS) is 1. The molecule has 0 radical (unpaired) electrons. The number of benzene rings is 1. The van der Waals surface area contributed by atoms with Crippen molar-refractivity contribution >= 4 is 11.9 Å². The summed E-state index contributed by atoms with van der Waals surface area (Å²) in [6, 6.07) is 6.36. The first-order valence-electron chi connectivity index (χ1n) is 7.28. The molecule has 120 valence electrons. The Morgan fingerprint density at radius 1 is 1.23 bits per heavy atom. The Morgan fingerprint density at radius 2 is 1.91 bits per heavy atom. The van der Waals surface area contributed by atoms with Crippen LogP contribution in [0.25, 0.3) is 0 Å². The number of rotatable bonds is 10. The van der Waals surface area contributed by atoms with E-state index < -0.39 is 5.97 Å². The maximum Gasteiger partial charge on any atom is 0.335 e. The number of hydrogen-bond donors (Lipinski definition) is 1. The molecule has 1 atom stereocenters. The number of carbonyl (C=O) groups is 2. The van der Waals surface area contributed by atoms with Crippen LogP contribution < -0.4 is 4.74 Å². The Bertz CT molecular complexity index is 492. The van der Waals surface area contributed by atoms with Crippen molar-refractivity contribution in [2.24, 2.45) is 5.92 Å². The molecule has 1 rings (SSSR count). The molecule has 1 aromatic carbocycles. The standard InChI is InChI=1S/C17H22O5/c1-3-16(18)22-11-4-5-13(2)10-12-21-15-8-6-14(7-9-15)17(19)20/h3,6-9,13H,1,4-5,10-12H2,2H3,(H,19,20). The summed E-state index contributed by atoms with van der Waals surface area (Å²) in [5, 5.41) is 8.80. The molecular formula is C17H22O5. The SMILES string of the molecule is C=CC(=O)OCCCC(C)CCOc1ccc(C(=O)O)cc1. The summed E-state index contributed by atoms with van der Waals surface area (Å²) in [5.74, 6) is -0.212. The lowest BCUT2D eigenvalue weighted by atomic mass is 10.0. The van der Waals surface area contributed by atoms with E-state index in [2.05, 4.69) is 13.5 Å². The molecule has 0 aliphatic heterocycles. The lowest BCUT2D eigenvalue weighted by molar-refractivity contribution is -0.137. The summed E-state index contributed by atoms with van der Waals surface area (Å²) in [4.78, 5) is 21.6. The fourth-order valence-corrected chi connectivity index (χ4v) is 1.88. The largest absolute Gasteiger partial charge is 0.494 e. The molecule has 1 aromatic rings. The van der Waals surface area contributed by atoms with Gasteiger partial charge in [0.1, 0.15) is 5.75 Å². The fraction of sp³-hybridized carbons (Fsp3) is 0.412. The van der Waals surface area contributed by atoms with Crippen LogP contribution in [0.15, 0.2) is 36.9 Å². The van der Waals surface area contributed by atoms with E-state index in [1.165, 1.54) is 12.1 Å². The van der Waals surface area contributed by atoms with Gasteiger partial charge in [-0.2, -0.15) is 0 Å². The third kappa shape index (κ3) is 6.92. The average Bonchev–Trinajstić information content (AvgIpc) is 2.51. The van der Waals surface area contributed by atoms with E-state index in [9.17, 15) is 9.59 Å². The minimum atomic E-state index is -0.947. The lowest BCUT2D eigenvalue weighted by Crippen LogP contribution is -2.07. The first-order valence-corrected chi connectivity index (χ1v) is 7.28. The van der Waals surface area contributed by atoms with E-state index in [0.717, 1.165) is 25.3 Å². The zero-order valence-corrected chi connectivity index (χ0v) is 12.8. The number of carboxylic acids is 1. The number of aromatic carboxylic acids is 1. The molecular weight excluding hydrogens is 284 g/mol. The molecule has 22 heavy (non-hydrogen) atoms. The Labute approximate surface area is 130 Å². The van der Waals surface area contributed by atoms with Crippen LogP contribution in [0.2, 0.25) is 0 Å². The number of esters is 1. The van der Waals surface area contributed by atoms with Crippen molar-refractivity contribution in [3.63, 3.8) is 0 Å². The summed E-state index contributed by atoms with van der Waals surface area (Å²) in [6.45, 7) is 6.43. The predicted molar refractivity (Wildman–Crippen MR) is 83.1 cm³/mol. The van der Waals surface area contributed by atoms with Crippen molar-refractivity contribution in [2.75, 3.05) is 13.2 Å². The van der Waals surface area contributed by atoms with Gasteiger partial charge in [0.15, 0.2) is 0 Å². The van der Waals surface area contributed by atoms with Gasteiger partial charge in [0.25, 0.3) is 0 Å². The third-order valence-electron chi connectivity index (χ3n) is 3.23. The van der Waals surface area contributed by atoms with Crippen molar-refractivity contribution < 1.29 is 24.2 Å². The average molecular weight is 306 g/mol. The third-order valence-corrected chi connectivity index (χ3v) is 3.23. The molecule has 1 unspecified atom stereocenters. The van der Waals surface area contributed by atoms with E-state index in [1.807, 2.05) is 0 Å². The van der Waals surface area contributed by atoms with Crippen molar-refractivity contribution in [1.82, 2.24) is 0 Å². The molecule has 0 saturated carbocycles. The van der Waals surface area contributed by atoms with Crippen molar-refractivity contribution in [2.45, 2.75) is 26.2 Å². The number of carbonyl (C=O) groups excluding carboxylic acids is 1. The molecule has 5 nitrogen and oxygen atoms in total. The normalized spacial score (nSPS) is 11.5. The summed E-state index contributed by atoms with van der Waals surface area (Å²) in [5.41, 5.74) is 0.245. The quantitative estimate of drug-likeness (QED) is 0.408. The Kier molecular flexibility index (Phi) is 7.75. The molecule has 1 N–H and O–H groups in total. The number of ether oxygens (including phenoxy) is 2. The van der Waals surface area contributed by atoms with E-state index in [1.54, 1.807) is 12.1 Å². The highest BCUT2D eigenvalue weighted by atomic mass is 16.5. The first kappa shape index (κ1) is 17.8. The maximum atomic E-state index is 10.9. The topological polar surface area (TPSA) is 72.8 Å². The van der Waals surface area contributed by atoms with E-state index >= 15 is 0 Å². The fourth-order valence-electron chi connectivity index (χ4n) is 1.88. The van der Waals surface area contributed by atoms with Gasteiger partial charge in [-0.25, -0.2) is 9.59 Å². The smallest absolute Gasteiger partial charge is 0.335 e. The zero-order chi connectivity index (χ0) is 16.4. The van der Waals surface area contributed by atoms with Gasteiger partial charge < -0.3 is 14.6 Å². The first-order chi connectivity index (χ1) is 10.5. The van der Waals surface area contributed by atoms with Gasteiger partial charge in [-0.3, -0.25) is 0 Å². The molecule has 0 spiro atoms. The van der Waals surface area contributed by atoms with Crippen LogP contribution in [0.4, 0.5) is 0 Å². The molecule has 0 aliphatic rings. The summed E-state index contributed by atoms with van der Waals surface area (Å²) in [7, 11) is 0. The van der Waals surface area contributed by atoms with Gasteiger partial charge >= 0.3 is 11.9 Å². The van der Waals surface area contributed by atoms with Gasteiger partial charge in [0.2, 0.25) is 0 Å². The van der Waals surface area contributed by atoms with Crippen LogP contribution in [0.1, 0.15) is 36.5 Å². The molecule has 0 aliphatic carbocycles. The predicted octanol–water partition coefficient (Wildman–Crippen LogP) is 3.30. The minimum absolute atomic E-state index is 0.245. The highest BCUT2D eigenvalue weighted by Crippen LogP contribution is 2.15. The molecule has 0 heterocycles. The Balaban J connectivity index is 2.16. The van der Waals surface area contributed by atoms with Crippen molar-refractivity contribution in [1.29, 1.82) is 0 Å². The zero-order valence-electron chi connectivity index (χ0n) is 12.8. The van der Waals surface area contributed by atoms with Crippen LogP contribution in [-0.4, -0.2) is 30.3 Å². The summed E-state index contributed by atoms with van der Waals surface area (Å²) < 4.78 is 10.5. The number of hydrogen-bond acceptors (Lipinski definition) is 4. The molecule has 0 saturated heterocycles. The van der Waals surface area contributed by atoms with Crippen LogP contribution in [0.5, 0.6) is 5.75 Å². The van der Waals surface area contributed by atoms with Gasteiger partial charge in [0, 0.05) is 6.08 Å². The minimum Gasteiger partial charge on any atom is -0.494 e. The maximum absolute atomic E-state index is 10.9. The van der Waals surface area contributed by atoms with Crippen LogP contribution in [0, 0.1) is 5.92 Å². The van der Waals surface area contributed by atoms with Crippen molar-refractivity contribution in [3.05, 3.63) is 42.5 Å². The van der Waals surface area contributed by atoms with Crippen LogP contribution >= 0.6 is 0 Å². The molecule has 0 fully saturated rings. The second kappa shape index (κ2) is 9.60. The Hall–Kier alpha value is -2.30. The lowest BCUT2D eigenvalue weighted by Gasteiger charge is -2.12. The van der Waals surface area contributed by atoms with E-state index in [-0.39, 0.29) is 11.5 Å². The summed E-state index contributed by atoms with van der Waals surface area (Å²) >= 11 is 0. The highest BCUT2D eigenvalue weighted by Gasteiger charge is 2.05. The second-order valence-electron chi connectivity index (χ2n) is 5.09. The molecule has 0 amide bonds. The molecule has 0 aromatic heterocycles. The van der Waals surface area contributed by atoms with Gasteiger partial charge in [-0.1, -0.05) is 13.5 Å². The Morgan fingerprint density at radius 3 is 2.50 bits per heavy atom. The highest BCUT2D eigenvalue weighted by molar-refractivity contribution is 5.87. The van der Waals surface area contributed by atoms with Gasteiger partial charge in [-0.15, -0.1) is 0 Å². The molecule has 0 bridgehead atoms. The van der Waals surface area contributed by atoms with E-state index in [4.69, 9.17) is 14.6 Å². The monoisotopic (exact) mass is 306 g/mol. The summed E-state index contributed by atoms with van der Waals surface area (Å²) in [6.07, 6.45) is 3.81. The van der Waals surface area contributed by atoms with E-state index in [0.29, 0.717) is 24.9 Å². The second-order valence-corrected chi connectivity index (χ2v) is 5.09.